The van der Waals surface area contributed by atoms with Gasteiger partial charge in [-0.3, -0.25) is 9.69 Å². The first-order valence-electron chi connectivity index (χ1n) is 12.8. The fraction of sp³-hybridized carbons (Fsp3) is 0.233. The summed E-state index contributed by atoms with van der Waals surface area (Å²) in [4.78, 5) is 36.5. The molecule has 0 radical (unpaired) electrons. The van der Waals surface area contributed by atoms with Crippen molar-refractivity contribution in [3.05, 3.63) is 93.9 Å². The normalized spacial score (nSPS) is 17.6. The van der Waals surface area contributed by atoms with Gasteiger partial charge in [0.1, 0.15) is 15.7 Å². The molecule has 3 aromatic rings. The minimum absolute atomic E-state index is 0.0569. The van der Waals surface area contributed by atoms with Crippen LogP contribution in [-0.4, -0.2) is 48.8 Å². The number of amidine groups is 1. The molecular formula is C30H29N3O4S2. The van der Waals surface area contributed by atoms with Crippen molar-refractivity contribution >= 4 is 51.9 Å². The van der Waals surface area contributed by atoms with E-state index in [1.165, 1.54) is 11.8 Å². The van der Waals surface area contributed by atoms with Crippen molar-refractivity contribution in [3.63, 3.8) is 0 Å². The number of ether oxygens (including phenoxy) is 2. The van der Waals surface area contributed by atoms with Crippen molar-refractivity contribution in [3.8, 4) is 5.75 Å². The van der Waals surface area contributed by atoms with Gasteiger partial charge in [-0.25, -0.2) is 9.79 Å². The summed E-state index contributed by atoms with van der Waals surface area (Å²) in [5, 5.41) is 1.52. The number of thioether (sulfide) groups is 2. The fourth-order valence-electron chi connectivity index (χ4n) is 4.37. The third-order valence-electron chi connectivity index (χ3n) is 6.35. The van der Waals surface area contributed by atoms with Gasteiger partial charge in [0.25, 0.3) is 5.91 Å². The Morgan fingerprint density at radius 3 is 2.41 bits per heavy atom. The maximum atomic E-state index is 13.9. The molecule has 0 atom stereocenters. The molecule has 0 bridgehead atoms. The summed E-state index contributed by atoms with van der Waals surface area (Å²) in [6.45, 7) is 5.39. The molecule has 2 aliphatic rings. The summed E-state index contributed by atoms with van der Waals surface area (Å²) in [7, 11) is 1.66. The Kier molecular flexibility index (Phi) is 8.28. The molecule has 1 fully saturated rings. The van der Waals surface area contributed by atoms with Gasteiger partial charge in [0, 0.05) is 24.1 Å². The summed E-state index contributed by atoms with van der Waals surface area (Å²) < 4.78 is 10.5. The quantitative estimate of drug-likeness (QED) is 0.231. The molecule has 3 aromatic carbocycles. The van der Waals surface area contributed by atoms with E-state index in [1.54, 1.807) is 55.0 Å². The summed E-state index contributed by atoms with van der Waals surface area (Å²) >= 11 is 2.99. The van der Waals surface area contributed by atoms with Gasteiger partial charge >= 0.3 is 5.97 Å². The van der Waals surface area contributed by atoms with Crippen molar-refractivity contribution in [2.24, 2.45) is 4.99 Å². The second-order valence-electron chi connectivity index (χ2n) is 8.77. The number of anilines is 1. The highest BCUT2D eigenvalue weighted by Crippen LogP contribution is 2.51. The van der Waals surface area contributed by atoms with Gasteiger partial charge in [-0.15, -0.1) is 0 Å². The van der Waals surface area contributed by atoms with Crippen molar-refractivity contribution in [1.29, 1.82) is 0 Å². The van der Waals surface area contributed by atoms with Crippen LogP contribution < -0.4 is 9.64 Å². The van der Waals surface area contributed by atoms with Gasteiger partial charge in [0.2, 0.25) is 0 Å². The number of hydrogen-bond donors (Lipinski definition) is 0. The number of amides is 1. The average Bonchev–Trinajstić information content (AvgIpc) is 3.48. The Balaban J connectivity index is 1.49. The Hall–Kier alpha value is -3.69. The van der Waals surface area contributed by atoms with E-state index >= 15 is 0 Å². The molecular weight excluding hydrogens is 530 g/mol. The van der Waals surface area contributed by atoms with Gasteiger partial charge in [-0.2, -0.15) is 0 Å². The molecule has 7 nitrogen and oxygen atoms in total. The number of hydrogen-bond acceptors (Lipinski definition) is 8. The molecule has 0 saturated carbocycles. The maximum absolute atomic E-state index is 13.9. The number of aliphatic imine (C=N–C) groups is 1. The van der Waals surface area contributed by atoms with Crippen LogP contribution in [0, 0.1) is 0 Å². The van der Waals surface area contributed by atoms with E-state index in [-0.39, 0.29) is 11.9 Å². The van der Waals surface area contributed by atoms with E-state index in [0.29, 0.717) is 47.4 Å². The Bertz CT molecular complexity index is 1440. The standard InChI is InChI=1S/C30H29N3O4S2/c1-4-32-24-19-23(36-3)15-16-25(24)38-28(32)26-27(34)33(18-17-20-9-7-6-8-10-20)30(39-26)31-22-13-11-21(12-14-22)29(35)37-5-2/h6-16,19H,4-5,17-18H2,1-3H3/b28-26-,31-30?. The molecule has 5 rings (SSSR count). The van der Waals surface area contributed by atoms with Crippen LogP contribution in [0.3, 0.4) is 0 Å². The van der Waals surface area contributed by atoms with E-state index in [0.717, 1.165) is 26.9 Å². The van der Waals surface area contributed by atoms with Crippen LogP contribution in [-0.2, 0) is 16.0 Å². The van der Waals surface area contributed by atoms with Crippen LogP contribution in [0.25, 0.3) is 0 Å². The third-order valence-corrected chi connectivity index (χ3v) is 8.73. The number of methoxy groups -OCH3 is 1. The zero-order valence-electron chi connectivity index (χ0n) is 22.0. The Morgan fingerprint density at radius 1 is 0.949 bits per heavy atom. The average molecular weight is 560 g/mol. The highest BCUT2D eigenvalue weighted by Gasteiger charge is 2.39. The molecule has 0 aliphatic carbocycles. The van der Waals surface area contributed by atoms with E-state index in [1.807, 2.05) is 36.4 Å². The first-order valence-corrected chi connectivity index (χ1v) is 14.4. The van der Waals surface area contributed by atoms with Crippen LogP contribution in [0.1, 0.15) is 29.8 Å². The topological polar surface area (TPSA) is 71.4 Å². The Morgan fingerprint density at radius 2 is 1.72 bits per heavy atom. The number of nitrogens with zero attached hydrogens (tertiary/aromatic N) is 3. The molecule has 0 unspecified atom stereocenters. The lowest BCUT2D eigenvalue weighted by Gasteiger charge is -2.19. The monoisotopic (exact) mass is 559 g/mol. The second-order valence-corrected chi connectivity index (χ2v) is 10.8. The predicted molar refractivity (Wildman–Crippen MR) is 158 cm³/mol. The summed E-state index contributed by atoms with van der Waals surface area (Å²) in [6.07, 6.45) is 0.707. The third kappa shape index (κ3) is 5.69. The number of rotatable bonds is 8. The molecule has 9 heteroatoms. The van der Waals surface area contributed by atoms with Crippen LogP contribution in [0.4, 0.5) is 11.4 Å². The molecule has 2 heterocycles. The van der Waals surface area contributed by atoms with E-state index in [9.17, 15) is 9.59 Å². The lowest BCUT2D eigenvalue weighted by Crippen LogP contribution is -2.32. The van der Waals surface area contributed by atoms with Gasteiger partial charge in [0.05, 0.1) is 30.7 Å². The Labute approximate surface area is 236 Å². The van der Waals surface area contributed by atoms with E-state index in [2.05, 4.69) is 24.0 Å². The minimum atomic E-state index is -0.368. The molecule has 0 aromatic heterocycles. The van der Waals surface area contributed by atoms with Gasteiger partial charge in [0.15, 0.2) is 5.17 Å². The molecule has 39 heavy (non-hydrogen) atoms. The van der Waals surface area contributed by atoms with E-state index < -0.39 is 0 Å². The summed E-state index contributed by atoms with van der Waals surface area (Å²) in [6, 6.07) is 23.0. The first-order chi connectivity index (χ1) is 19.0. The van der Waals surface area contributed by atoms with Crippen molar-refractivity contribution in [1.82, 2.24) is 4.90 Å². The number of fused-ring (bicyclic) bond motifs is 1. The lowest BCUT2D eigenvalue weighted by atomic mass is 10.1. The van der Waals surface area contributed by atoms with Crippen molar-refractivity contribution < 1.29 is 19.1 Å². The zero-order chi connectivity index (χ0) is 27.4. The highest BCUT2D eigenvalue weighted by atomic mass is 32.2. The van der Waals surface area contributed by atoms with Gasteiger partial charge in [-0.1, -0.05) is 42.1 Å². The molecule has 1 saturated heterocycles. The number of esters is 1. The minimum Gasteiger partial charge on any atom is -0.497 e. The number of carbonyl (C=O) groups excluding carboxylic acids is 2. The molecule has 1 amide bonds. The van der Waals surface area contributed by atoms with Crippen LogP contribution in [0.15, 0.2) is 92.6 Å². The van der Waals surface area contributed by atoms with Gasteiger partial charge in [-0.05, 0) is 74.0 Å². The lowest BCUT2D eigenvalue weighted by molar-refractivity contribution is -0.122. The van der Waals surface area contributed by atoms with Crippen LogP contribution >= 0.6 is 23.5 Å². The molecule has 2 aliphatic heterocycles. The highest BCUT2D eigenvalue weighted by molar-refractivity contribution is 8.19. The fourth-order valence-corrected chi connectivity index (χ4v) is 6.77. The summed E-state index contributed by atoms with van der Waals surface area (Å²) in [5.41, 5.74) is 3.32. The number of benzene rings is 3. The van der Waals surface area contributed by atoms with E-state index in [4.69, 9.17) is 14.5 Å². The number of carbonyl (C=O) groups is 2. The van der Waals surface area contributed by atoms with Crippen LogP contribution in [0.5, 0.6) is 5.75 Å². The first kappa shape index (κ1) is 26.9. The van der Waals surface area contributed by atoms with Crippen molar-refractivity contribution in [2.45, 2.75) is 25.2 Å². The largest absolute Gasteiger partial charge is 0.497 e. The maximum Gasteiger partial charge on any atom is 0.338 e. The van der Waals surface area contributed by atoms with Crippen molar-refractivity contribution in [2.75, 3.05) is 31.7 Å². The predicted octanol–water partition coefficient (Wildman–Crippen LogP) is 6.48. The van der Waals surface area contributed by atoms with Gasteiger partial charge < -0.3 is 14.4 Å². The SMILES string of the molecule is CCOC(=O)c1ccc(N=C2S/C(=C3\Sc4ccc(OC)cc4N3CC)C(=O)N2CCc2ccccc2)cc1. The summed E-state index contributed by atoms with van der Waals surface area (Å²) in [5.74, 6) is 0.355. The smallest absolute Gasteiger partial charge is 0.338 e. The second kappa shape index (κ2) is 12.0. The molecule has 200 valence electrons. The molecule has 0 spiro atoms. The molecule has 0 N–H and O–H groups in total. The van der Waals surface area contributed by atoms with Crippen LogP contribution in [0.2, 0.25) is 0 Å². The zero-order valence-corrected chi connectivity index (χ0v) is 23.7.